The number of aliphatic hydroxyl groups excluding tert-OH is 1. The Kier molecular flexibility index (Phi) is 7.55. The monoisotopic (exact) mass is 461 g/mol. The lowest BCUT2D eigenvalue weighted by Crippen LogP contribution is -2.26. The summed E-state index contributed by atoms with van der Waals surface area (Å²) in [7, 11) is 3.48. The molecule has 2 heterocycles. The molecule has 1 aromatic carbocycles. The van der Waals surface area contributed by atoms with Gasteiger partial charge in [-0.15, -0.1) is 0 Å². The summed E-state index contributed by atoms with van der Waals surface area (Å²) in [6.07, 6.45) is -0.807. The van der Waals surface area contributed by atoms with Crippen molar-refractivity contribution in [2.24, 2.45) is 5.73 Å². The number of anilines is 1. The number of benzene rings is 1. The second-order valence-electron chi connectivity index (χ2n) is 7.67. The van der Waals surface area contributed by atoms with Crippen LogP contribution in [0.5, 0.6) is 11.5 Å². The van der Waals surface area contributed by atoms with Crippen molar-refractivity contribution < 1.29 is 19.1 Å². The topological polar surface area (TPSA) is 120 Å². The first-order valence-corrected chi connectivity index (χ1v) is 10.6. The molecule has 3 aromatic rings. The highest BCUT2D eigenvalue weighted by molar-refractivity contribution is 6.32. The Morgan fingerprint density at radius 3 is 2.59 bits per heavy atom. The first-order valence-electron chi connectivity index (χ1n) is 10.2. The fourth-order valence-electron chi connectivity index (χ4n) is 2.91. The van der Waals surface area contributed by atoms with E-state index in [4.69, 9.17) is 31.3 Å². The maximum Gasteiger partial charge on any atom is 0.258 e. The molecule has 172 valence electrons. The van der Waals surface area contributed by atoms with Crippen LogP contribution in [0.25, 0.3) is 22.8 Å². The quantitative estimate of drug-likeness (QED) is 0.494. The minimum absolute atomic E-state index is 0.00711. The molecule has 3 N–H and O–H groups in total. The fraction of sp³-hybridized carbons (Fsp3) is 0.409. The van der Waals surface area contributed by atoms with Gasteiger partial charge in [0.1, 0.15) is 18.5 Å². The maximum absolute atomic E-state index is 9.65. The highest BCUT2D eigenvalue weighted by atomic mass is 35.5. The molecule has 32 heavy (non-hydrogen) atoms. The molecule has 10 heteroatoms. The number of aromatic nitrogens is 3. The fourth-order valence-corrected chi connectivity index (χ4v) is 3.18. The molecule has 0 aliphatic rings. The zero-order chi connectivity index (χ0) is 23.4. The number of rotatable bonds is 9. The number of nitrogens with two attached hydrogens (primary N) is 1. The van der Waals surface area contributed by atoms with Crippen LogP contribution in [0.2, 0.25) is 5.02 Å². The molecule has 0 saturated carbocycles. The molecule has 0 spiro atoms. The number of aryl methyl sites for hydroxylation is 1. The summed E-state index contributed by atoms with van der Waals surface area (Å²) in [5, 5.41) is 14.0. The van der Waals surface area contributed by atoms with E-state index in [1.165, 1.54) is 7.11 Å². The van der Waals surface area contributed by atoms with E-state index in [0.29, 0.717) is 28.8 Å². The zero-order valence-electron chi connectivity index (χ0n) is 18.8. The third-order valence-electron chi connectivity index (χ3n) is 4.93. The van der Waals surface area contributed by atoms with Gasteiger partial charge < -0.3 is 29.7 Å². The number of aliphatic hydroxyl groups is 1. The van der Waals surface area contributed by atoms with Gasteiger partial charge in [0.2, 0.25) is 5.82 Å². The number of halogens is 1. The number of hydrogen-bond acceptors (Lipinski definition) is 9. The molecule has 0 aliphatic carbocycles. The minimum Gasteiger partial charge on any atom is -0.493 e. The third-order valence-corrected chi connectivity index (χ3v) is 5.21. The summed E-state index contributed by atoms with van der Waals surface area (Å²) in [6.45, 7) is 6.18. The molecule has 0 bridgehead atoms. The Balaban J connectivity index is 1.92. The maximum atomic E-state index is 9.65. The van der Waals surface area contributed by atoms with Crippen molar-refractivity contribution in [2.45, 2.75) is 32.9 Å². The van der Waals surface area contributed by atoms with Crippen molar-refractivity contribution >= 4 is 17.4 Å². The lowest BCUT2D eigenvalue weighted by atomic mass is 10.1. The lowest BCUT2D eigenvalue weighted by molar-refractivity contribution is 0.112. The van der Waals surface area contributed by atoms with Gasteiger partial charge in [-0.1, -0.05) is 16.8 Å². The van der Waals surface area contributed by atoms with E-state index in [-0.39, 0.29) is 24.2 Å². The Morgan fingerprint density at radius 1 is 1.19 bits per heavy atom. The first-order chi connectivity index (χ1) is 15.2. The van der Waals surface area contributed by atoms with Crippen LogP contribution in [0.4, 0.5) is 5.82 Å². The Bertz CT molecular complexity index is 1070. The molecular weight excluding hydrogens is 434 g/mol. The summed E-state index contributed by atoms with van der Waals surface area (Å²) < 4.78 is 16.5. The summed E-state index contributed by atoms with van der Waals surface area (Å²) in [6, 6.07) is 7.44. The van der Waals surface area contributed by atoms with E-state index < -0.39 is 6.10 Å². The Labute approximate surface area is 192 Å². The average Bonchev–Trinajstić information content (AvgIpc) is 3.26. The number of ether oxygens (including phenoxy) is 2. The molecule has 3 rings (SSSR count). The van der Waals surface area contributed by atoms with E-state index >= 15 is 0 Å². The molecule has 0 unspecified atom stereocenters. The van der Waals surface area contributed by atoms with Gasteiger partial charge in [0.15, 0.2) is 11.5 Å². The largest absolute Gasteiger partial charge is 0.493 e. The van der Waals surface area contributed by atoms with E-state index in [2.05, 4.69) is 33.9 Å². The summed E-state index contributed by atoms with van der Waals surface area (Å²) in [5.41, 5.74) is 7.63. The van der Waals surface area contributed by atoms with Gasteiger partial charge in [0.25, 0.3) is 5.89 Å². The highest BCUT2D eigenvalue weighted by Crippen LogP contribution is 2.39. The van der Waals surface area contributed by atoms with Gasteiger partial charge in [-0.3, -0.25) is 0 Å². The summed E-state index contributed by atoms with van der Waals surface area (Å²) >= 11 is 6.40. The average molecular weight is 462 g/mol. The second-order valence-corrected chi connectivity index (χ2v) is 8.08. The second kappa shape index (κ2) is 10.2. The van der Waals surface area contributed by atoms with Crippen LogP contribution >= 0.6 is 11.6 Å². The molecule has 0 aliphatic heterocycles. The van der Waals surface area contributed by atoms with Crippen molar-refractivity contribution in [3.05, 3.63) is 35.0 Å². The summed E-state index contributed by atoms with van der Waals surface area (Å²) in [5.74, 6) is 2.22. The van der Waals surface area contributed by atoms with Crippen LogP contribution in [-0.2, 0) is 0 Å². The van der Waals surface area contributed by atoms with Gasteiger partial charge in [0.05, 0.1) is 12.1 Å². The predicted molar refractivity (Wildman–Crippen MR) is 123 cm³/mol. The number of hydrogen-bond donors (Lipinski definition) is 2. The van der Waals surface area contributed by atoms with Crippen LogP contribution in [0.3, 0.4) is 0 Å². The zero-order valence-corrected chi connectivity index (χ0v) is 19.6. The lowest BCUT2D eigenvalue weighted by Gasteiger charge is -2.23. The van der Waals surface area contributed by atoms with Gasteiger partial charge in [0, 0.05) is 36.5 Å². The molecule has 0 amide bonds. The van der Waals surface area contributed by atoms with Crippen molar-refractivity contribution in [2.75, 3.05) is 32.2 Å². The van der Waals surface area contributed by atoms with Gasteiger partial charge in [-0.2, -0.15) is 4.98 Å². The van der Waals surface area contributed by atoms with Crippen LogP contribution in [0, 0.1) is 6.92 Å². The van der Waals surface area contributed by atoms with E-state index in [9.17, 15) is 5.11 Å². The van der Waals surface area contributed by atoms with Gasteiger partial charge >= 0.3 is 0 Å². The standard InChI is InChI=1S/C22H28ClN5O4/c1-12(2)28(4)19-9-15(6-13(3)25-19)22-26-21(27-32-22)14-7-17(23)20(18(8-14)30-5)31-11-16(29)10-24/h6-9,12,16,29H,10-11,24H2,1-5H3/t16-/m0/s1. The molecular formula is C22H28ClN5O4. The first kappa shape index (κ1) is 23.8. The molecule has 1 atom stereocenters. The smallest absolute Gasteiger partial charge is 0.258 e. The van der Waals surface area contributed by atoms with E-state index in [1.54, 1.807) is 12.1 Å². The molecule has 9 nitrogen and oxygen atoms in total. The minimum atomic E-state index is -0.807. The normalized spacial score (nSPS) is 12.2. The molecule has 2 aromatic heterocycles. The Morgan fingerprint density at radius 2 is 1.94 bits per heavy atom. The van der Waals surface area contributed by atoms with Crippen molar-refractivity contribution in [1.82, 2.24) is 15.1 Å². The van der Waals surface area contributed by atoms with E-state index in [1.807, 2.05) is 26.1 Å². The van der Waals surface area contributed by atoms with E-state index in [0.717, 1.165) is 17.1 Å². The summed E-state index contributed by atoms with van der Waals surface area (Å²) in [4.78, 5) is 11.2. The van der Waals surface area contributed by atoms with Crippen molar-refractivity contribution in [3.8, 4) is 34.3 Å². The number of nitrogens with zero attached hydrogens (tertiary/aromatic N) is 4. The number of pyridine rings is 1. The van der Waals surface area contributed by atoms with Crippen LogP contribution < -0.4 is 20.1 Å². The molecule has 0 saturated heterocycles. The third kappa shape index (κ3) is 5.29. The predicted octanol–water partition coefficient (Wildman–Crippen LogP) is 3.31. The van der Waals surface area contributed by atoms with Crippen LogP contribution in [0.1, 0.15) is 19.5 Å². The Hall–Kier alpha value is -2.88. The van der Waals surface area contributed by atoms with Gasteiger partial charge in [-0.05, 0) is 45.0 Å². The van der Waals surface area contributed by atoms with Crippen LogP contribution in [0.15, 0.2) is 28.8 Å². The molecule has 0 fully saturated rings. The van der Waals surface area contributed by atoms with Crippen molar-refractivity contribution in [3.63, 3.8) is 0 Å². The highest BCUT2D eigenvalue weighted by Gasteiger charge is 2.19. The van der Waals surface area contributed by atoms with Crippen LogP contribution in [-0.4, -0.2) is 59.7 Å². The van der Waals surface area contributed by atoms with Crippen molar-refractivity contribution in [1.29, 1.82) is 0 Å². The SMILES string of the molecule is COc1cc(-c2noc(-c3cc(C)nc(N(C)C(C)C)c3)n2)cc(Cl)c1OC[C@@H](O)CN. The molecule has 0 radical (unpaired) electrons. The van der Waals surface area contributed by atoms with Gasteiger partial charge in [-0.25, -0.2) is 4.98 Å². The number of methoxy groups -OCH3 is 1.